The molecule has 4 rings (SSSR count). The topological polar surface area (TPSA) is 122 Å². The summed E-state index contributed by atoms with van der Waals surface area (Å²) in [5.41, 5.74) is 4.57. The van der Waals surface area contributed by atoms with Gasteiger partial charge in [0, 0.05) is 25.6 Å². The average molecular weight is 449 g/mol. The number of rotatable bonds is 8. The maximum Gasteiger partial charge on any atom is 0.407 e. The van der Waals surface area contributed by atoms with Gasteiger partial charge in [0.15, 0.2) is 11.5 Å². The van der Waals surface area contributed by atoms with E-state index in [0.717, 1.165) is 22.3 Å². The maximum absolute atomic E-state index is 12.3. The second-order valence-corrected chi connectivity index (χ2v) is 7.73. The molecule has 1 aliphatic rings. The number of carbonyl (C=O) groups excluding carboxylic acids is 2. The first-order valence-electron chi connectivity index (χ1n) is 10.5. The number of hydrogen-bond donors (Lipinski definition) is 2. The number of aliphatic carboxylic acids is 1. The van der Waals surface area contributed by atoms with Gasteiger partial charge in [-0.15, -0.1) is 0 Å². The molecule has 1 heterocycles. The van der Waals surface area contributed by atoms with Crippen LogP contribution in [0, 0.1) is 0 Å². The van der Waals surface area contributed by atoms with Crippen LogP contribution in [0.15, 0.2) is 59.1 Å². The fourth-order valence-electron chi connectivity index (χ4n) is 3.87. The van der Waals surface area contributed by atoms with Crippen molar-refractivity contribution in [3.63, 3.8) is 0 Å². The number of alkyl carbamates (subject to hydrolysis) is 1. The van der Waals surface area contributed by atoms with E-state index in [0.29, 0.717) is 0 Å². The molecule has 0 aliphatic heterocycles. The standard InChI is InChI=1S/C24H23N3O6/c1-27(11-10-22(28)29)23(30)21-12-15(33-26-21)13-25-24(31)32-14-20-18-8-4-2-6-16(18)17-7-3-5-9-19(17)20/h2-9,12,20H,10-11,13-14H2,1H3,(H,25,31)(H,28,29). The van der Waals surface area contributed by atoms with Gasteiger partial charge in [-0.2, -0.15) is 0 Å². The van der Waals surface area contributed by atoms with Crippen molar-refractivity contribution in [3.8, 4) is 11.1 Å². The third-order valence-corrected chi connectivity index (χ3v) is 5.54. The predicted octanol–water partition coefficient (Wildman–Crippen LogP) is 3.26. The molecule has 0 unspecified atom stereocenters. The lowest BCUT2D eigenvalue weighted by Gasteiger charge is -2.14. The normalized spacial score (nSPS) is 12.0. The number of nitrogens with one attached hydrogen (secondary N) is 1. The smallest absolute Gasteiger partial charge is 0.407 e. The zero-order valence-corrected chi connectivity index (χ0v) is 18.0. The van der Waals surface area contributed by atoms with E-state index in [1.165, 1.54) is 18.0 Å². The highest BCUT2D eigenvalue weighted by atomic mass is 16.5. The van der Waals surface area contributed by atoms with Gasteiger partial charge in [0.25, 0.3) is 5.91 Å². The Kier molecular flexibility index (Phi) is 6.39. The highest BCUT2D eigenvalue weighted by Gasteiger charge is 2.29. The molecule has 0 bridgehead atoms. The van der Waals surface area contributed by atoms with Gasteiger partial charge in [-0.1, -0.05) is 53.7 Å². The molecule has 0 fully saturated rings. The second-order valence-electron chi connectivity index (χ2n) is 7.73. The second kappa shape index (κ2) is 9.56. The molecule has 0 atom stereocenters. The quantitative estimate of drug-likeness (QED) is 0.541. The highest BCUT2D eigenvalue weighted by Crippen LogP contribution is 2.44. The summed E-state index contributed by atoms with van der Waals surface area (Å²) in [7, 11) is 1.48. The minimum atomic E-state index is -0.997. The Morgan fingerprint density at radius 3 is 2.36 bits per heavy atom. The van der Waals surface area contributed by atoms with Gasteiger partial charge in [0.05, 0.1) is 13.0 Å². The molecular formula is C24H23N3O6. The van der Waals surface area contributed by atoms with Crippen LogP contribution in [0.4, 0.5) is 4.79 Å². The van der Waals surface area contributed by atoms with Crippen molar-refractivity contribution in [1.82, 2.24) is 15.4 Å². The Balaban J connectivity index is 1.30. The predicted molar refractivity (Wildman–Crippen MR) is 118 cm³/mol. The number of benzene rings is 2. The third-order valence-electron chi connectivity index (χ3n) is 5.54. The number of carbonyl (C=O) groups is 3. The van der Waals surface area contributed by atoms with Gasteiger partial charge in [0.1, 0.15) is 6.61 Å². The molecule has 170 valence electrons. The van der Waals surface area contributed by atoms with E-state index >= 15 is 0 Å². The van der Waals surface area contributed by atoms with Gasteiger partial charge in [0.2, 0.25) is 0 Å². The minimum absolute atomic E-state index is 0.00417. The molecule has 9 heteroatoms. The zero-order valence-electron chi connectivity index (χ0n) is 18.0. The Hall–Kier alpha value is -4.14. The summed E-state index contributed by atoms with van der Waals surface area (Å²) in [6, 6.07) is 17.6. The van der Waals surface area contributed by atoms with E-state index in [-0.39, 0.29) is 43.5 Å². The number of amides is 2. The summed E-state index contributed by atoms with van der Waals surface area (Å²) in [4.78, 5) is 36.4. The van der Waals surface area contributed by atoms with Crippen molar-refractivity contribution in [1.29, 1.82) is 0 Å². The third kappa shape index (κ3) is 4.87. The van der Waals surface area contributed by atoms with Crippen LogP contribution in [0.2, 0.25) is 0 Å². The first-order valence-corrected chi connectivity index (χ1v) is 10.5. The molecule has 0 saturated heterocycles. The van der Waals surface area contributed by atoms with Gasteiger partial charge in [-0.25, -0.2) is 4.79 Å². The number of nitrogens with zero attached hydrogens (tertiary/aromatic N) is 2. The first kappa shape index (κ1) is 22.1. The lowest BCUT2D eigenvalue weighted by atomic mass is 9.98. The van der Waals surface area contributed by atoms with Gasteiger partial charge in [-0.3, -0.25) is 9.59 Å². The number of aromatic nitrogens is 1. The van der Waals surface area contributed by atoms with E-state index in [4.69, 9.17) is 14.4 Å². The monoisotopic (exact) mass is 449 g/mol. The molecule has 1 aliphatic carbocycles. The fraction of sp³-hybridized carbons (Fsp3) is 0.250. The zero-order chi connectivity index (χ0) is 23.4. The van der Waals surface area contributed by atoms with E-state index in [9.17, 15) is 14.4 Å². The van der Waals surface area contributed by atoms with Crippen LogP contribution >= 0.6 is 0 Å². The molecule has 9 nitrogen and oxygen atoms in total. The molecular weight excluding hydrogens is 426 g/mol. The summed E-state index contributed by atoms with van der Waals surface area (Å²) in [6.45, 7) is 0.235. The molecule has 2 aromatic carbocycles. The Morgan fingerprint density at radius 1 is 1.09 bits per heavy atom. The number of hydrogen-bond acceptors (Lipinski definition) is 6. The number of carboxylic acid groups (broad SMARTS) is 1. The van der Waals surface area contributed by atoms with E-state index in [2.05, 4.69) is 22.6 Å². The van der Waals surface area contributed by atoms with Crippen molar-refractivity contribution < 1.29 is 28.8 Å². The van der Waals surface area contributed by atoms with Crippen molar-refractivity contribution in [2.75, 3.05) is 20.2 Å². The summed E-state index contributed by atoms with van der Waals surface area (Å²) in [5.74, 6) is -1.23. The van der Waals surface area contributed by atoms with Crippen LogP contribution in [0.5, 0.6) is 0 Å². The Labute approximate surface area is 189 Å². The Morgan fingerprint density at radius 2 is 1.73 bits per heavy atom. The first-order chi connectivity index (χ1) is 15.9. The molecule has 1 aromatic heterocycles. The average Bonchev–Trinajstić information content (AvgIpc) is 3.42. The molecule has 33 heavy (non-hydrogen) atoms. The van der Waals surface area contributed by atoms with Gasteiger partial charge in [-0.05, 0) is 22.3 Å². The van der Waals surface area contributed by atoms with Crippen molar-refractivity contribution in [2.45, 2.75) is 18.9 Å². The summed E-state index contributed by atoms with van der Waals surface area (Å²) in [5, 5.41) is 15.0. The van der Waals surface area contributed by atoms with E-state index in [1.807, 2.05) is 36.4 Å². The van der Waals surface area contributed by atoms with Crippen LogP contribution < -0.4 is 5.32 Å². The lowest BCUT2D eigenvalue weighted by Crippen LogP contribution is -2.29. The van der Waals surface area contributed by atoms with Gasteiger partial charge >= 0.3 is 12.1 Å². The van der Waals surface area contributed by atoms with Crippen molar-refractivity contribution in [3.05, 3.63) is 77.2 Å². The van der Waals surface area contributed by atoms with Gasteiger partial charge < -0.3 is 24.6 Å². The molecule has 0 spiro atoms. The SMILES string of the molecule is CN(CCC(=O)O)C(=O)c1cc(CNC(=O)OCC2c3ccccc3-c3ccccc32)on1. The number of fused-ring (bicyclic) bond motifs is 3. The molecule has 0 saturated carbocycles. The number of carboxylic acids is 1. The molecule has 0 radical (unpaired) electrons. The van der Waals surface area contributed by atoms with Crippen LogP contribution in [-0.4, -0.2) is 53.3 Å². The summed E-state index contributed by atoms with van der Waals surface area (Å²) < 4.78 is 10.6. The van der Waals surface area contributed by atoms with Crippen molar-refractivity contribution in [2.24, 2.45) is 0 Å². The van der Waals surface area contributed by atoms with Crippen LogP contribution in [0.1, 0.15) is 39.7 Å². The molecule has 2 amide bonds. The number of ether oxygens (including phenoxy) is 1. The van der Waals surface area contributed by atoms with E-state index < -0.39 is 18.0 Å². The molecule has 2 N–H and O–H groups in total. The Bertz CT molecular complexity index is 1140. The maximum atomic E-state index is 12.3. The van der Waals surface area contributed by atoms with Crippen LogP contribution in [0.3, 0.4) is 0 Å². The lowest BCUT2D eigenvalue weighted by molar-refractivity contribution is -0.137. The highest BCUT2D eigenvalue weighted by molar-refractivity contribution is 5.92. The summed E-state index contributed by atoms with van der Waals surface area (Å²) >= 11 is 0. The fourth-order valence-corrected chi connectivity index (χ4v) is 3.87. The minimum Gasteiger partial charge on any atom is -0.481 e. The summed E-state index contributed by atoms with van der Waals surface area (Å²) in [6.07, 6.45) is -0.782. The van der Waals surface area contributed by atoms with E-state index in [1.54, 1.807) is 0 Å². The van der Waals surface area contributed by atoms with Crippen LogP contribution in [0.25, 0.3) is 11.1 Å². The largest absolute Gasteiger partial charge is 0.481 e. The van der Waals surface area contributed by atoms with Crippen molar-refractivity contribution >= 4 is 18.0 Å². The molecule has 3 aromatic rings. The van der Waals surface area contributed by atoms with Crippen LogP contribution in [-0.2, 0) is 16.1 Å².